The third kappa shape index (κ3) is 19.9. The van der Waals surface area contributed by atoms with E-state index in [0.29, 0.717) is 44.7 Å². The van der Waals surface area contributed by atoms with Gasteiger partial charge in [0.15, 0.2) is 32.2 Å². The van der Waals surface area contributed by atoms with Crippen molar-refractivity contribution in [3.05, 3.63) is 126 Å². The Bertz CT molecular complexity index is 4620. The number of aryl methyl sites for hydroxylation is 2. The first-order valence-corrected chi connectivity index (χ1v) is 41.2. The molecule has 30 heteroatoms. The molecule has 3 amide bonds. The van der Waals surface area contributed by atoms with Gasteiger partial charge in [0.2, 0.25) is 17.7 Å². The summed E-state index contributed by atoms with van der Waals surface area (Å²) in [6.07, 6.45) is 17.2. The Morgan fingerprint density at radius 3 is 1.36 bits per heavy atom. The lowest BCUT2D eigenvalue weighted by molar-refractivity contribution is -0.118. The highest BCUT2D eigenvalue weighted by atomic mass is 32.2. The van der Waals surface area contributed by atoms with E-state index in [1.165, 1.54) is 119 Å². The third-order valence-electron chi connectivity index (χ3n) is 21.5. The largest absolute Gasteiger partial charge is 0.356 e. The number of likely N-dealkylation sites (tertiary alicyclic amines) is 2. The molecule has 5 aliphatic heterocycles. The molecule has 0 bridgehead atoms. The lowest BCUT2D eigenvalue weighted by Crippen LogP contribution is -2.41. The summed E-state index contributed by atoms with van der Waals surface area (Å²) in [4.78, 5) is 85.6. The fraction of sp³-hybridized carbons (Fsp3) is 0.462. The summed E-state index contributed by atoms with van der Waals surface area (Å²) < 4.78 is 0. The van der Waals surface area contributed by atoms with Crippen molar-refractivity contribution in [2.45, 2.75) is 153 Å². The number of aromatic nitrogens is 11. The minimum absolute atomic E-state index is 0. The molecule has 5 saturated heterocycles. The summed E-state index contributed by atoms with van der Waals surface area (Å²) in [5, 5.41) is 40.1. The van der Waals surface area contributed by atoms with E-state index < -0.39 is 0 Å². The first-order chi connectivity index (χ1) is 52.4. The zero-order valence-electron chi connectivity index (χ0n) is 62.3. The summed E-state index contributed by atoms with van der Waals surface area (Å²) in [6, 6.07) is 34.2. The van der Waals surface area contributed by atoms with Crippen LogP contribution in [-0.4, -0.2) is 175 Å². The van der Waals surface area contributed by atoms with Crippen LogP contribution in [0.4, 0.5) is 68.7 Å². The van der Waals surface area contributed by atoms with Crippen LogP contribution in [0.2, 0.25) is 0 Å². The van der Waals surface area contributed by atoms with Crippen molar-refractivity contribution in [1.82, 2.24) is 70.4 Å². The smallest absolute Gasteiger partial charge is 0.227 e. The molecule has 108 heavy (non-hydrogen) atoms. The number of nitrogens with one attached hydrogen (secondary N) is 9. The van der Waals surface area contributed by atoms with Crippen LogP contribution in [0.15, 0.2) is 139 Å². The molecule has 1 atom stereocenters. The maximum absolute atomic E-state index is 12.1. The van der Waals surface area contributed by atoms with Gasteiger partial charge in [-0.3, -0.25) is 24.6 Å². The summed E-state index contributed by atoms with van der Waals surface area (Å²) in [5.74, 6) is 7.79. The van der Waals surface area contributed by atoms with Gasteiger partial charge in [-0.05, 0) is 250 Å². The van der Waals surface area contributed by atoms with E-state index in [1.54, 1.807) is 11.3 Å². The van der Waals surface area contributed by atoms with Crippen molar-refractivity contribution >= 4 is 133 Å². The first-order valence-electron chi connectivity index (χ1n) is 38.0. The summed E-state index contributed by atoms with van der Waals surface area (Å²) >= 11 is 6.16. The molecule has 17 rings (SSSR count). The van der Waals surface area contributed by atoms with E-state index in [4.69, 9.17) is 29.9 Å². The molecule has 0 unspecified atom stereocenters. The number of likely N-dealkylation sites (N-methyl/N-ethyl adjacent to an activating group) is 1. The number of hydrogen-bond acceptors (Lipinski definition) is 25. The molecule has 8 fully saturated rings. The van der Waals surface area contributed by atoms with Gasteiger partial charge in [0, 0.05) is 177 Å². The van der Waals surface area contributed by atoms with Gasteiger partial charge in [-0.2, -0.15) is 10.2 Å². The van der Waals surface area contributed by atoms with Crippen molar-refractivity contribution < 1.29 is 24.4 Å². The van der Waals surface area contributed by atoms with E-state index in [1.807, 2.05) is 125 Å². The van der Waals surface area contributed by atoms with Crippen molar-refractivity contribution in [2.24, 2.45) is 22.7 Å². The van der Waals surface area contributed by atoms with Crippen LogP contribution in [0.3, 0.4) is 0 Å². The number of benzene rings is 3. The number of rotatable bonds is 23. The van der Waals surface area contributed by atoms with Crippen molar-refractivity contribution in [2.75, 3.05) is 133 Å². The number of hydrogen-bond donors (Lipinski definition) is 9. The maximum atomic E-state index is 12.1. The Labute approximate surface area is 658 Å². The standard InChI is InChI=1S/C29H36N8OS.C26H34N8OS.C23H27N7OS2.7H2/c1-36-13-10-29(18-36)11-14-37(15-12-29)26-17-24(31-25-16-23(34-35-25)19-2-3-19)32-28(33-26)39-22-8-6-21(7-9-22)30-27(38)20-4-5-20;1-4-24(35)27-19-5-7-20(8-6-19)36-25-29-21(28-22-15-18(2)31-32-22)16-23(30-25)34-13-10-26(11-14-34)9-12-33(3)17-26;1-14-12-25-22(32-14)27-19-11-20(30-10-9-17(13-30)24-2)29-23(28-19)33-18-7-5-16(6-8-18)26-21(31)15-3-4-15;;;;;;;/h6-9,16-17,19-20H,2-5,10-15,18H2,1H3,(H,30,38)(H2,31,32,33,34,35);5-8,15-16H,4,9-14,17H2,1-3H3,(H,27,35)(H2,28,29,30,31,32);5-8,11-12,15,17,24H,3-4,9-10,13H2,1-2H3,(H,26,31)(H,25,27,28,29);7*1H/t;;17-;;;;;;;/m..0......./s1. The van der Waals surface area contributed by atoms with Crippen LogP contribution in [-0.2, 0) is 14.4 Å². The number of thiazole rings is 1. The van der Waals surface area contributed by atoms with Gasteiger partial charge in [-0.1, -0.05) is 6.92 Å². The molecule has 9 aromatic rings. The van der Waals surface area contributed by atoms with Crippen molar-refractivity contribution in [3.8, 4) is 0 Å². The summed E-state index contributed by atoms with van der Waals surface area (Å²) in [7, 11) is 6.47. The summed E-state index contributed by atoms with van der Waals surface area (Å²) in [5.41, 5.74) is 5.54. The second-order valence-corrected chi connectivity index (χ2v) is 34.6. The minimum Gasteiger partial charge on any atom is -0.356 e. The molecule has 3 aromatic carbocycles. The number of H-pyrrole nitrogens is 2. The highest BCUT2D eigenvalue weighted by Gasteiger charge is 2.42. The molecule has 580 valence electrons. The Morgan fingerprint density at radius 1 is 0.519 bits per heavy atom. The highest BCUT2D eigenvalue weighted by molar-refractivity contribution is 7.99. The zero-order chi connectivity index (χ0) is 74.3. The predicted molar refractivity (Wildman–Crippen MR) is 446 cm³/mol. The summed E-state index contributed by atoms with van der Waals surface area (Å²) in [6.45, 7) is 16.6. The van der Waals surface area contributed by atoms with Gasteiger partial charge in [0.25, 0.3) is 0 Å². The second kappa shape index (κ2) is 33.5. The molecular weight excluding hydrogens is 1440 g/mol. The van der Waals surface area contributed by atoms with Crippen molar-refractivity contribution in [3.63, 3.8) is 0 Å². The molecule has 9 N–H and O–H groups in total. The van der Waals surface area contributed by atoms with Crippen LogP contribution < -0.4 is 51.9 Å². The number of nitrogens with zero attached hydrogens (tertiary/aromatic N) is 14. The van der Waals surface area contributed by atoms with Crippen LogP contribution in [0.5, 0.6) is 0 Å². The number of amides is 3. The van der Waals surface area contributed by atoms with E-state index in [-0.39, 0.29) is 39.5 Å². The molecule has 0 radical (unpaired) electrons. The van der Waals surface area contributed by atoms with Gasteiger partial charge in [-0.25, -0.2) is 34.9 Å². The molecule has 26 nitrogen and oxygen atoms in total. The minimum atomic E-state index is 0. The zero-order valence-corrected chi connectivity index (χ0v) is 65.6. The molecule has 8 aliphatic rings. The normalized spacial score (nSPS) is 18.8. The van der Waals surface area contributed by atoms with Gasteiger partial charge < -0.3 is 61.7 Å². The van der Waals surface area contributed by atoms with Gasteiger partial charge in [-0.15, -0.1) is 11.3 Å². The molecular formula is C78H111N23O3S4. The average Bonchev–Trinajstić information content (AvgIpc) is 1.76. The Hall–Kier alpha value is -8.91. The molecule has 3 saturated carbocycles. The molecule has 3 aliphatic carbocycles. The Balaban J connectivity index is 0.000000210. The number of carbonyl (C=O) groups is 3. The lowest BCUT2D eigenvalue weighted by Gasteiger charge is -2.39. The molecule has 2 spiro atoms. The topological polar surface area (TPSA) is 299 Å². The number of aromatic amines is 2. The van der Waals surface area contributed by atoms with Crippen LogP contribution in [0.25, 0.3) is 0 Å². The lowest BCUT2D eigenvalue weighted by atomic mass is 9.78. The average molecular weight is 1550 g/mol. The number of piperidine rings is 2. The number of anilines is 12. The Kier molecular flexibility index (Phi) is 23.1. The third-order valence-corrected chi connectivity index (χ3v) is 24.9. The van der Waals surface area contributed by atoms with Crippen LogP contribution in [0.1, 0.15) is 129 Å². The quantitative estimate of drug-likeness (QED) is 0.0269. The van der Waals surface area contributed by atoms with Crippen molar-refractivity contribution in [1.29, 1.82) is 0 Å². The van der Waals surface area contributed by atoms with E-state index in [9.17, 15) is 14.4 Å². The monoisotopic (exact) mass is 1550 g/mol. The molecule has 11 heterocycles. The van der Waals surface area contributed by atoms with E-state index in [0.717, 1.165) is 165 Å². The second-order valence-electron chi connectivity index (χ2n) is 30.2. The Morgan fingerprint density at radius 2 is 0.963 bits per heavy atom. The predicted octanol–water partition coefficient (Wildman–Crippen LogP) is 15.9. The molecule has 6 aromatic heterocycles. The van der Waals surface area contributed by atoms with E-state index in [2.05, 4.69) is 113 Å². The van der Waals surface area contributed by atoms with E-state index >= 15 is 0 Å². The maximum Gasteiger partial charge on any atom is 0.227 e. The number of carbonyl (C=O) groups excluding carboxylic acids is 3. The van der Waals surface area contributed by atoms with Gasteiger partial charge >= 0.3 is 0 Å². The highest BCUT2D eigenvalue weighted by Crippen LogP contribution is 2.45. The SMILES string of the molecule is CCC(=O)Nc1ccc(Sc2nc(Nc3cc(C)[nH]n3)cc(N3CCC4(CCN(C)C4)CC3)n2)cc1.CN1CCC2(CCN(c3cc(Nc4cc(C5CC5)[nH]n4)nc(Sc4ccc(NC(=O)C5CC5)cc4)n3)CC2)C1.CN[C@H]1CCN(c2cc(Nc3ncc(C)s3)nc(Sc3ccc(NC(=O)C4CC4)cc3)n2)C1.[HH].[HH].[HH].[HH].[HH].[HH].[HH]. The van der Waals surface area contributed by atoms with Gasteiger partial charge in [0.05, 0.1) is 0 Å². The van der Waals surface area contributed by atoms with Gasteiger partial charge in [0.1, 0.15) is 34.9 Å². The fourth-order valence-electron chi connectivity index (χ4n) is 14.6. The van der Waals surface area contributed by atoms with Crippen LogP contribution in [0, 0.1) is 36.5 Å². The first kappa shape index (κ1) is 74.5. The fourth-order valence-corrected chi connectivity index (χ4v) is 17.6. The van der Waals surface area contributed by atoms with Crippen LogP contribution >= 0.6 is 46.6 Å².